The van der Waals surface area contributed by atoms with Crippen molar-refractivity contribution in [1.29, 1.82) is 0 Å². The molecular formula is C16H18Na2O6. The first-order chi connectivity index (χ1) is 10.3. The van der Waals surface area contributed by atoms with E-state index in [-0.39, 0.29) is 59.1 Å². The molecule has 2 aromatic rings. The molecule has 0 saturated carbocycles. The van der Waals surface area contributed by atoms with Crippen LogP contribution >= 0.6 is 0 Å². The summed E-state index contributed by atoms with van der Waals surface area (Å²) in [6.45, 7) is 1.94. The van der Waals surface area contributed by atoms with Crippen molar-refractivity contribution >= 4 is 11.9 Å². The normalized spacial score (nSPS) is 7.08. The molecule has 6 nitrogen and oxygen atoms in total. The van der Waals surface area contributed by atoms with Crippen molar-refractivity contribution < 1.29 is 89.1 Å². The fourth-order valence-corrected chi connectivity index (χ4v) is 0.856. The van der Waals surface area contributed by atoms with E-state index in [1.807, 2.05) is 12.1 Å². The third-order valence-electron chi connectivity index (χ3n) is 1.51. The molecule has 2 N–H and O–H groups in total. The van der Waals surface area contributed by atoms with Crippen LogP contribution < -0.4 is 69.3 Å². The Morgan fingerprint density at radius 1 is 0.667 bits per heavy atom. The summed E-state index contributed by atoms with van der Waals surface area (Å²) >= 11 is 0. The van der Waals surface area contributed by atoms with Gasteiger partial charge in [0.15, 0.2) is 0 Å². The summed E-state index contributed by atoms with van der Waals surface area (Å²) in [5, 5.41) is 35.0. The van der Waals surface area contributed by atoms with E-state index in [1.165, 1.54) is 0 Å². The second kappa shape index (κ2) is 22.0. The van der Waals surface area contributed by atoms with Gasteiger partial charge in [0.25, 0.3) is 0 Å². The molecule has 0 aliphatic carbocycles. The van der Waals surface area contributed by atoms with E-state index in [2.05, 4.69) is 0 Å². The van der Waals surface area contributed by atoms with Gasteiger partial charge < -0.3 is 30.0 Å². The Morgan fingerprint density at radius 2 is 0.833 bits per heavy atom. The average Bonchev–Trinajstić information content (AvgIpc) is 2.40. The van der Waals surface area contributed by atoms with Crippen LogP contribution in [0.4, 0.5) is 0 Å². The second-order valence-corrected chi connectivity index (χ2v) is 3.65. The SMILES string of the molecule is CC(=O)[O-].CC(=O)[O-].Oc1ccccc1.Oc1ccccc1.[Na+].[Na+]. The Bertz CT molecular complexity index is 463. The molecular weight excluding hydrogens is 334 g/mol. The molecule has 0 heterocycles. The minimum absolute atomic E-state index is 0. The fourth-order valence-electron chi connectivity index (χ4n) is 0.856. The Kier molecular flexibility index (Phi) is 28.2. The number of aromatic hydroxyl groups is 2. The van der Waals surface area contributed by atoms with Gasteiger partial charge in [0, 0.05) is 11.9 Å². The standard InChI is InChI=1S/2C6H6O.2C2H4O2.2Na/c2*7-6-4-2-1-3-5-6;2*1-2(3)4;;/h2*1-5,7H;2*1H3,(H,3,4);;/q;;;;2*+1/p-2. The van der Waals surface area contributed by atoms with Crippen LogP contribution in [-0.4, -0.2) is 22.2 Å². The van der Waals surface area contributed by atoms with Crippen molar-refractivity contribution in [1.82, 2.24) is 0 Å². The van der Waals surface area contributed by atoms with E-state index in [0.717, 1.165) is 13.8 Å². The number of carbonyl (C=O) groups is 2. The van der Waals surface area contributed by atoms with Crippen LogP contribution in [0.15, 0.2) is 60.7 Å². The van der Waals surface area contributed by atoms with Gasteiger partial charge in [-0.25, -0.2) is 0 Å². The average molecular weight is 352 g/mol. The number of phenolic OH excluding ortho intramolecular Hbond substituents is 2. The van der Waals surface area contributed by atoms with Gasteiger partial charge in [-0.1, -0.05) is 36.4 Å². The third kappa shape index (κ3) is 37.3. The van der Waals surface area contributed by atoms with Crippen molar-refractivity contribution in [3.8, 4) is 11.5 Å². The summed E-state index contributed by atoms with van der Waals surface area (Å²) < 4.78 is 0. The van der Waals surface area contributed by atoms with Gasteiger partial charge in [-0.3, -0.25) is 0 Å². The molecule has 0 spiro atoms. The number of benzene rings is 2. The van der Waals surface area contributed by atoms with Crippen molar-refractivity contribution in [2.75, 3.05) is 0 Å². The molecule has 0 bridgehead atoms. The zero-order valence-corrected chi connectivity index (χ0v) is 18.3. The number of rotatable bonds is 0. The largest absolute Gasteiger partial charge is 1.00 e. The van der Waals surface area contributed by atoms with Crippen LogP contribution in [0.25, 0.3) is 0 Å². The maximum Gasteiger partial charge on any atom is 1.00 e. The molecule has 8 heteroatoms. The van der Waals surface area contributed by atoms with Crippen molar-refractivity contribution in [2.24, 2.45) is 0 Å². The topological polar surface area (TPSA) is 121 Å². The van der Waals surface area contributed by atoms with Gasteiger partial charge in [0.05, 0.1) is 0 Å². The van der Waals surface area contributed by atoms with Gasteiger partial charge in [-0.05, 0) is 38.1 Å². The van der Waals surface area contributed by atoms with E-state index in [1.54, 1.807) is 48.5 Å². The molecule has 2 aromatic carbocycles. The number of para-hydroxylation sites is 2. The Labute approximate surface area is 185 Å². The molecule has 0 aromatic heterocycles. The maximum atomic E-state index is 8.89. The number of hydrogen-bond acceptors (Lipinski definition) is 6. The van der Waals surface area contributed by atoms with Crippen LogP contribution in [-0.2, 0) is 9.59 Å². The third-order valence-corrected chi connectivity index (χ3v) is 1.51. The van der Waals surface area contributed by atoms with E-state index in [0.29, 0.717) is 11.5 Å². The molecule has 120 valence electrons. The minimum Gasteiger partial charge on any atom is -0.550 e. The molecule has 0 fully saturated rings. The molecule has 0 aliphatic heterocycles. The van der Waals surface area contributed by atoms with Crippen LogP contribution in [0.1, 0.15) is 13.8 Å². The van der Waals surface area contributed by atoms with Crippen molar-refractivity contribution in [2.45, 2.75) is 13.8 Å². The first kappa shape index (κ1) is 30.8. The Hall–Kier alpha value is -1.02. The molecule has 2 rings (SSSR count). The molecule has 24 heavy (non-hydrogen) atoms. The maximum absolute atomic E-state index is 8.89. The number of phenols is 2. The quantitative estimate of drug-likeness (QED) is 0.456. The minimum atomic E-state index is -1.08. The second-order valence-electron chi connectivity index (χ2n) is 3.65. The van der Waals surface area contributed by atoms with Gasteiger partial charge in [0.1, 0.15) is 11.5 Å². The van der Waals surface area contributed by atoms with Crippen LogP contribution in [0.3, 0.4) is 0 Å². The van der Waals surface area contributed by atoms with Gasteiger partial charge >= 0.3 is 59.1 Å². The summed E-state index contributed by atoms with van der Waals surface area (Å²) in [7, 11) is 0. The summed E-state index contributed by atoms with van der Waals surface area (Å²) in [5.41, 5.74) is 0. The first-order valence-electron chi connectivity index (χ1n) is 6.09. The molecule has 0 aliphatic rings. The number of carboxylic acid groups (broad SMARTS) is 2. The van der Waals surface area contributed by atoms with Gasteiger partial charge in [-0.2, -0.15) is 0 Å². The molecule has 0 saturated heterocycles. The summed E-state index contributed by atoms with van der Waals surface area (Å²) in [6.07, 6.45) is 0. The molecule has 0 atom stereocenters. The van der Waals surface area contributed by atoms with Crippen LogP contribution in [0, 0.1) is 0 Å². The first-order valence-corrected chi connectivity index (χ1v) is 6.09. The summed E-state index contributed by atoms with van der Waals surface area (Å²) in [5.74, 6) is -1.52. The summed E-state index contributed by atoms with van der Waals surface area (Å²) in [6, 6.07) is 17.4. The van der Waals surface area contributed by atoms with Gasteiger partial charge in [-0.15, -0.1) is 0 Å². The van der Waals surface area contributed by atoms with Crippen LogP contribution in [0.2, 0.25) is 0 Å². The summed E-state index contributed by atoms with van der Waals surface area (Å²) in [4.78, 5) is 17.8. The molecule has 0 radical (unpaired) electrons. The predicted octanol–water partition coefficient (Wildman–Crippen LogP) is -5.70. The number of hydrogen-bond donors (Lipinski definition) is 2. The van der Waals surface area contributed by atoms with Crippen LogP contribution in [0.5, 0.6) is 11.5 Å². The van der Waals surface area contributed by atoms with E-state index < -0.39 is 11.9 Å². The molecule has 0 amide bonds. The predicted molar refractivity (Wildman–Crippen MR) is 77.6 cm³/mol. The van der Waals surface area contributed by atoms with Crippen molar-refractivity contribution in [3.05, 3.63) is 60.7 Å². The zero-order chi connectivity index (χ0) is 17.4. The number of carbonyl (C=O) groups excluding carboxylic acids is 2. The van der Waals surface area contributed by atoms with Gasteiger partial charge in [0.2, 0.25) is 0 Å². The van der Waals surface area contributed by atoms with E-state index >= 15 is 0 Å². The van der Waals surface area contributed by atoms with E-state index in [4.69, 9.17) is 30.0 Å². The molecule has 0 unspecified atom stereocenters. The number of carboxylic acids is 2. The fraction of sp³-hybridized carbons (Fsp3) is 0.125. The zero-order valence-electron chi connectivity index (χ0n) is 14.3. The Balaban J connectivity index is -0.000000112. The smallest absolute Gasteiger partial charge is 0.550 e. The van der Waals surface area contributed by atoms with Crippen molar-refractivity contribution in [3.63, 3.8) is 0 Å². The monoisotopic (exact) mass is 352 g/mol. The Morgan fingerprint density at radius 3 is 0.917 bits per heavy atom. The number of aliphatic carboxylic acids is 2. The van der Waals surface area contributed by atoms with E-state index in [9.17, 15) is 0 Å².